The first kappa shape index (κ1) is 8.86. The Morgan fingerprint density at radius 3 is 2.67 bits per heavy atom. The van der Waals surface area contributed by atoms with Crippen molar-refractivity contribution in [2.24, 2.45) is 5.73 Å². The smallest absolute Gasteiger partial charge is 0.267 e. The molecule has 0 bridgehead atoms. The number of likely N-dealkylation sites (tertiary alicyclic amines) is 1. The van der Waals surface area contributed by atoms with E-state index in [0.29, 0.717) is 13.1 Å². The Morgan fingerprint density at radius 1 is 1.67 bits per heavy atom. The van der Waals surface area contributed by atoms with Crippen LogP contribution in [0.25, 0.3) is 0 Å². The van der Waals surface area contributed by atoms with Gasteiger partial charge in [0, 0.05) is 31.8 Å². The average Bonchev–Trinajstić information content (AvgIpc) is 1.98. The van der Waals surface area contributed by atoms with Crippen LogP contribution in [0.15, 0.2) is 0 Å². The predicted molar refractivity (Wildman–Crippen MR) is 45.7 cm³/mol. The first-order valence-electron chi connectivity index (χ1n) is 3.76. The van der Waals surface area contributed by atoms with Crippen molar-refractivity contribution in [2.75, 3.05) is 13.1 Å². The van der Waals surface area contributed by atoms with Crippen molar-refractivity contribution in [3.63, 3.8) is 0 Å². The van der Waals surface area contributed by atoms with E-state index in [1.54, 1.807) is 0 Å². The first-order valence-corrected chi connectivity index (χ1v) is 3.76. The van der Waals surface area contributed by atoms with E-state index in [9.17, 15) is 4.79 Å². The highest BCUT2D eigenvalue weighted by Crippen LogP contribution is 2.06. The molecule has 0 aromatic heterocycles. The molecule has 1 saturated heterocycles. The van der Waals surface area contributed by atoms with E-state index in [1.807, 2.05) is 0 Å². The van der Waals surface area contributed by atoms with Crippen molar-refractivity contribution >= 4 is 17.8 Å². The molecular weight excluding hydrogens is 156 g/mol. The van der Waals surface area contributed by atoms with Crippen molar-refractivity contribution in [1.82, 2.24) is 4.90 Å². The highest BCUT2D eigenvalue weighted by Gasteiger charge is 2.29. The largest absolute Gasteiger partial charge is 0.334 e. The number of nitrogens with zero attached hydrogens (tertiary/aromatic N) is 1. The van der Waals surface area contributed by atoms with E-state index < -0.39 is 0 Å². The summed E-state index contributed by atoms with van der Waals surface area (Å²) in [7, 11) is 0. The third kappa shape index (κ3) is 1.68. The maximum Gasteiger partial charge on any atom is 0.267 e. The van der Waals surface area contributed by atoms with Crippen LogP contribution in [0, 0.1) is 10.8 Å². The van der Waals surface area contributed by atoms with Gasteiger partial charge in [-0.25, -0.2) is 0 Å². The van der Waals surface area contributed by atoms with Crippen LogP contribution in [0.1, 0.15) is 6.42 Å². The predicted octanol–water partition coefficient (Wildman–Crippen LogP) is -0.785. The molecule has 1 heterocycles. The first-order chi connectivity index (χ1) is 5.65. The number of nitrogens with two attached hydrogens (primary N) is 1. The van der Waals surface area contributed by atoms with Gasteiger partial charge in [-0.05, 0) is 0 Å². The molecular formula is C7H12N4O. The second kappa shape index (κ2) is 3.44. The monoisotopic (exact) mass is 168 g/mol. The highest BCUT2D eigenvalue weighted by atomic mass is 16.2. The summed E-state index contributed by atoms with van der Waals surface area (Å²) in [5, 5.41) is 14.0. The van der Waals surface area contributed by atoms with Gasteiger partial charge in [0.1, 0.15) is 5.71 Å². The third-order valence-electron chi connectivity index (χ3n) is 1.76. The van der Waals surface area contributed by atoms with Crippen molar-refractivity contribution in [1.29, 1.82) is 10.8 Å². The SMILES string of the molecule is N=CCC(=N)C(=O)N1CC(N)C1. The molecule has 0 radical (unpaired) electrons. The minimum Gasteiger partial charge on any atom is -0.334 e. The topological polar surface area (TPSA) is 94.0 Å². The number of carbonyl (C=O) groups is 1. The van der Waals surface area contributed by atoms with Crippen molar-refractivity contribution in [3.8, 4) is 0 Å². The minimum absolute atomic E-state index is 0.0306. The normalized spacial score (nSPS) is 16.9. The molecule has 5 nitrogen and oxygen atoms in total. The van der Waals surface area contributed by atoms with Gasteiger partial charge in [-0.1, -0.05) is 0 Å². The molecule has 66 valence electrons. The van der Waals surface area contributed by atoms with Crippen LogP contribution in [-0.4, -0.2) is 41.9 Å². The van der Waals surface area contributed by atoms with Crippen LogP contribution in [-0.2, 0) is 4.79 Å². The van der Waals surface area contributed by atoms with Gasteiger partial charge in [-0.2, -0.15) is 0 Å². The molecule has 1 aliphatic rings. The van der Waals surface area contributed by atoms with Gasteiger partial charge in [0.15, 0.2) is 0 Å². The number of carbonyl (C=O) groups excluding carboxylic acids is 1. The van der Waals surface area contributed by atoms with E-state index in [-0.39, 0.29) is 24.1 Å². The quantitative estimate of drug-likeness (QED) is 0.482. The fraction of sp³-hybridized carbons (Fsp3) is 0.571. The maximum atomic E-state index is 11.2. The lowest BCUT2D eigenvalue weighted by Crippen LogP contribution is -2.59. The van der Waals surface area contributed by atoms with Gasteiger partial charge in [0.2, 0.25) is 0 Å². The molecule has 0 unspecified atom stereocenters. The average molecular weight is 168 g/mol. The zero-order chi connectivity index (χ0) is 9.14. The number of hydrogen-bond donors (Lipinski definition) is 3. The van der Waals surface area contributed by atoms with E-state index in [0.717, 1.165) is 6.21 Å². The summed E-state index contributed by atoms with van der Waals surface area (Å²) < 4.78 is 0. The molecule has 0 aromatic carbocycles. The van der Waals surface area contributed by atoms with E-state index >= 15 is 0 Å². The lowest BCUT2D eigenvalue weighted by atomic mass is 10.1. The molecule has 4 N–H and O–H groups in total. The van der Waals surface area contributed by atoms with E-state index in [2.05, 4.69) is 0 Å². The fourth-order valence-corrected chi connectivity index (χ4v) is 1.06. The fourth-order valence-electron chi connectivity index (χ4n) is 1.06. The Hall–Kier alpha value is -1.23. The molecule has 5 heteroatoms. The Balaban J connectivity index is 2.38. The van der Waals surface area contributed by atoms with E-state index in [4.69, 9.17) is 16.6 Å². The summed E-state index contributed by atoms with van der Waals surface area (Å²) >= 11 is 0. The second-order valence-corrected chi connectivity index (χ2v) is 2.86. The highest BCUT2D eigenvalue weighted by molar-refractivity contribution is 6.39. The second-order valence-electron chi connectivity index (χ2n) is 2.86. The Morgan fingerprint density at radius 2 is 2.25 bits per heavy atom. The van der Waals surface area contributed by atoms with Crippen LogP contribution < -0.4 is 5.73 Å². The minimum atomic E-state index is -0.291. The van der Waals surface area contributed by atoms with Gasteiger partial charge in [0.25, 0.3) is 5.91 Å². The molecule has 0 aromatic rings. The number of rotatable bonds is 3. The Labute approximate surface area is 70.6 Å². The van der Waals surface area contributed by atoms with Gasteiger partial charge in [0.05, 0.1) is 0 Å². The van der Waals surface area contributed by atoms with Gasteiger partial charge in [-0.3, -0.25) is 10.2 Å². The summed E-state index contributed by atoms with van der Waals surface area (Å²) in [6.45, 7) is 1.08. The molecule has 1 fully saturated rings. The molecule has 0 atom stereocenters. The van der Waals surface area contributed by atoms with Crippen molar-refractivity contribution in [3.05, 3.63) is 0 Å². The van der Waals surface area contributed by atoms with Crippen LogP contribution in [0.5, 0.6) is 0 Å². The van der Waals surface area contributed by atoms with Crippen LogP contribution in [0.2, 0.25) is 0 Å². The van der Waals surface area contributed by atoms with Crippen molar-refractivity contribution < 1.29 is 4.79 Å². The molecule has 0 saturated carbocycles. The number of nitrogens with one attached hydrogen (secondary N) is 2. The lowest BCUT2D eigenvalue weighted by Gasteiger charge is -2.36. The van der Waals surface area contributed by atoms with Crippen LogP contribution in [0.4, 0.5) is 0 Å². The van der Waals surface area contributed by atoms with Gasteiger partial charge in [-0.15, -0.1) is 0 Å². The van der Waals surface area contributed by atoms with Gasteiger partial charge < -0.3 is 16.0 Å². The molecule has 1 amide bonds. The zero-order valence-electron chi connectivity index (χ0n) is 6.71. The molecule has 0 spiro atoms. The number of amides is 1. The van der Waals surface area contributed by atoms with E-state index in [1.165, 1.54) is 4.90 Å². The van der Waals surface area contributed by atoms with Crippen molar-refractivity contribution in [2.45, 2.75) is 12.5 Å². The lowest BCUT2D eigenvalue weighted by molar-refractivity contribution is -0.128. The summed E-state index contributed by atoms with van der Waals surface area (Å²) in [5.74, 6) is -0.291. The molecule has 1 aliphatic heterocycles. The zero-order valence-corrected chi connectivity index (χ0v) is 6.71. The van der Waals surface area contributed by atoms with Crippen LogP contribution >= 0.6 is 0 Å². The Bertz CT molecular complexity index is 219. The third-order valence-corrected chi connectivity index (χ3v) is 1.76. The summed E-state index contributed by atoms with van der Waals surface area (Å²) in [4.78, 5) is 12.7. The molecule has 12 heavy (non-hydrogen) atoms. The summed E-state index contributed by atoms with van der Waals surface area (Å²) in [5.41, 5.74) is 5.44. The maximum absolute atomic E-state index is 11.2. The Kier molecular flexibility index (Phi) is 2.54. The number of hydrogen-bond acceptors (Lipinski definition) is 4. The molecule has 1 rings (SSSR count). The summed E-state index contributed by atoms with van der Waals surface area (Å²) in [6.07, 6.45) is 1.17. The van der Waals surface area contributed by atoms with Gasteiger partial charge >= 0.3 is 0 Å². The summed E-state index contributed by atoms with van der Waals surface area (Å²) in [6, 6.07) is 0.0710. The van der Waals surface area contributed by atoms with Crippen LogP contribution in [0.3, 0.4) is 0 Å². The standard InChI is InChI=1S/C7H12N4O/c8-2-1-6(10)7(12)11-3-5(9)4-11/h2,5,8,10H,1,3-4,9H2. The molecule has 0 aliphatic carbocycles.